The van der Waals surface area contributed by atoms with Gasteiger partial charge in [0.05, 0.1) is 12.4 Å². The first kappa shape index (κ1) is 14.7. The van der Waals surface area contributed by atoms with Crippen molar-refractivity contribution >= 4 is 11.7 Å². The molecule has 0 spiro atoms. The molecule has 0 bridgehead atoms. The summed E-state index contributed by atoms with van der Waals surface area (Å²) in [4.78, 5) is 22.3. The van der Waals surface area contributed by atoms with E-state index >= 15 is 0 Å². The van der Waals surface area contributed by atoms with E-state index < -0.39 is 0 Å². The molecule has 0 aromatic carbocycles. The number of rotatable bonds is 4. The van der Waals surface area contributed by atoms with Gasteiger partial charge in [-0.25, -0.2) is 9.97 Å². The Morgan fingerprint density at radius 2 is 2.05 bits per heavy atom. The maximum Gasteiger partial charge on any atom is 0.271 e. The quantitative estimate of drug-likeness (QED) is 0.893. The minimum atomic E-state index is -0.165. The zero-order chi connectivity index (χ0) is 14.5. The maximum absolute atomic E-state index is 12.1. The van der Waals surface area contributed by atoms with Gasteiger partial charge in [-0.15, -0.1) is 0 Å². The Kier molecular flexibility index (Phi) is 4.89. The van der Waals surface area contributed by atoms with Crippen LogP contribution in [0.2, 0.25) is 0 Å². The minimum absolute atomic E-state index is 0.127. The van der Waals surface area contributed by atoms with Crippen molar-refractivity contribution in [3.8, 4) is 0 Å². The van der Waals surface area contributed by atoms with Crippen molar-refractivity contribution in [2.24, 2.45) is 5.92 Å². The number of nitrogens with zero attached hydrogens (tertiary/aromatic N) is 3. The summed E-state index contributed by atoms with van der Waals surface area (Å²) in [5, 5.41) is 3.00. The van der Waals surface area contributed by atoms with E-state index in [0.29, 0.717) is 11.6 Å². The Labute approximate surface area is 119 Å². The van der Waals surface area contributed by atoms with Crippen LogP contribution in [0.1, 0.15) is 30.3 Å². The molecule has 110 valence electrons. The first-order valence-corrected chi connectivity index (χ1v) is 6.96. The molecular formula is C14H22N4O2. The number of carbonyl (C=O) groups is 1. The van der Waals surface area contributed by atoms with Crippen molar-refractivity contribution < 1.29 is 9.53 Å². The van der Waals surface area contributed by atoms with Crippen LogP contribution >= 0.6 is 0 Å². The molecule has 1 unspecified atom stereocenters. The molecule has 1 atom stereocenters. The van der Waals surface area contributed by atoms with Crippen molar-refractivity contribution in [2.45, 2.75) is 25.8 Å². The third-order valence-corrected chi connectivity index (χ3v) is 3.66. The monoisotopic (exact) mass is 278 g/mol. The Balaban J connectivity index is 1.93. The SMILES string of the molecule is CC(NC(=O)c1cnc(N(C)C)cn1)C1CCOCC1. The Bertz CT molecular complexity index is 441. The standard InChI is InChI=1S/C14H22N4O2/c1-10(11-4-6-20-7-5-11)17-14(19)12-8-16-13(9-15-12)18(2)3/h8-11H,4-7H2,1-3H3,(H,17,19). The lowest BCUT2D eigenvalue weighted by molar-refractivity contribution is 0.0537. The molecule has 1 amide bonds. The van der Waals surface area contributed by atoms with Crippen molar-refractivity contribution in [3.63, 3.8) is 0 Å². The summed E-state index contributed by atoms with van der Waals surface area (Å²) in [6.45, 7) is 3.60. The zero-order valence-corrected chi connectivity index (χ0v) is 12.3. The molecule has 0 saturated carbocycles. The molecule has 1 aromatic heterocycles. The first-order valence-electron chi connectivity index (χ1n) is 6.96. The number of aromatic nitrogens is 2. The number of hydrogen-bond donors (Lipinski definition) is 1. The summed E-state index contributed by atoms with van der Waals surface area (Å²) in [5.41, 5.74) is 0.356. The van der Waals surface area contributed by atoms with Crippen LogP contribution in [0.15, 0.2) is 12.4 Å². The van der Waals surface area contributed by atoms with Gasteiger partial charge in [-0.2, -0.15) is 0 Å². The molecule has 6 nitrogen and oxygen atoms in total. The Morgan fingerprint density at radius 3 is 2.60 bits per heavy atom. The lowest BCUT2D eigenvalue weighted by Gasteiger charge is -2.28. The van der Waals surface area contributed by atoms with Crippen molar-refractivity contribution in [3.05, 3.63) is 18.1 Å². The van der Waals surface area contributed by atoms with Crippen LogP contribution in [0.25, 0.3) is 0 Å². The fourth-order valence-electron chi connectivity index (χ4n) is 2.28. The van der Waals surface area contributed by atoms with E-state index in [-0.39, 0.29) is 11.9 Å². The van der Waals surface area contributed by atoms with E-state index in [1.165, 1.54) is 6.20 Å². The van der Waals surface area contributed by atoms with Crippen LogP contribution in [0.4, 0.5) is 5.82 Å². The van der Waals surface area contributed by atoms with Crippen molar-refractivity contribution in [2.75, 3.05) is 32.2 Å². The van der Waals surface area contributed by atoms with Gasteiger partial charge in [0, 0.05) is 33.4 Å². The normalized spacial score (nSPS) is 17.6. The maximum atomic E-state index is 12.1. The fraction of sp³-hybridized carbons (Fsp3) is 0.643. The molecule has 20 heavy (non-hydrogen) atoms. The van der Waals surface area contributed by atoms with E-state index in [2.05, 4.69) is 15.3 Å². The van der Waals surface area contributed by atoms with Crippen LogP contribution in [-0.4, -0.2) is 49.2 Å². The van der Waals surface area contributed by atoms with Crippen LogP contribution < -0.4 is 10.2 Å². The van der Waals surface area contributed by atoms with E-state index in [1.54, 1.807) is 6.20 Å². The zero-order valence-electron chi connectivity index (χ0n) is 12.3. The smallest absolute Gasteiger partial charge is 0.271 e. The van der Waals surface area contributed by atoms with E-state index in [1.807, 2.05) is 25.9 Å². The lowest BCUT2D eigenvalue weighted by Crippen LogP contribution is -2.40. The van der Waals surface area contributed by atoms with Gasteiger partial charge in [-0.3, -0.25) is 4.79 Å². The van der Waals surface area contributed by atoms with Crippen LogP contribution in [0.3, 0.4) is 0 Å². The van der Waals surface area contributed by atoms with Gasteiger partial charge in [-0.1, -0.05) is 0 Å². The number of ether oxygens (including phenoxy) is 1. The highest BCUT2D eigenvalue weighted by atomic mass is 16.5. The molecule has 6 heteroatoms. The van der Waals surface area contributed by atoms with E-state index in [4.69, 9.17) is 4.74 Å². The summed E-state index contributed by atoms with van der Waals surface area (Å²) < 4.78 is 5.34. The highest BCUT2D eigenvalue weighted by Gasteiger charge is 2.22. The molecule has 2 rings (SSSR count). The minimum Gasteiger partial charge on any atom is -0.381 e. The third kappa shape index (κ3) is 3.66. The summed E-state index contributed by atoms with van der Waals surface area (Å²) in [6.07, 6.45) is 5.11. The topological polar surface area (TPSA) is 67.4 Å². The average molecular weight is 278 g/mol. The highest BCUT2D eigenvalue weighted by molar-refractivity contribution is 5.92. The average Bonchev–Trinajstić information content (AvgIpc) is 2.48. The number of hydrogen-bond acceptors (Lipinski definition) is 5. The molecule has 1 N–H and O–H groups in total. The van der Waals surface area contributed by atoms with Gasteiger partial charge in [0.15, 0.2) is 0 Å². The number of carbonyl (C=O) groups excluding carboxylic acids is 1. The lowest BCUT2D eigenvalue weighted by atomic mass is 9.93. The molecular weight excluding hydrogens is 256 g/mol. The molecule has 0 aliphatic carbocycles. The van der Waals surface area contributed by atoms with Crippen molar-refractivity contribution in [1.82, 2.24) is 15.3 Å². The van der Waals surface area contributed by atoms with Gasteiger partial charge in [-0.05, 0) is 25.7 Å². The van der Waals surface area contributed by atoms with Crippen LogP contribution in [0.5, 0.6) is 0 Å². The molecule has 1 aromatic rings. The molecule has 0 radical (unpaired) electrons. The molecule has 1 aliphatic heterocycles. The van der Waals surface area contributed by atoms with Gasteiger partial charge in [0.1, 0.15) is 11.5 Å². The van der Waals surface area contributed by atoms with Crippen molar-refractivity contribution in [1.29, 1.82) is 0 Å². The second-order valence-electron chi connectivity index (χ2n) is 5.37. The largest absolute Gasteiger partial charge is 0.381 e. The summed E-state index contributed by atoms with van der Waals surface area (Å²) in [5.74, 6) is 1.04. The fourth-order valence-corrected chi connectivity index (χ4v) is 2.28. The summed E-state index contributed by atoms with van der Waals surface area (Å²) in [7, 11) is 3.77. The first-order chi connectivity index (χ1) is 9.58. The molecule has 1 saturated heterocycles. The van der Waals surface area contributed by atoms with E-state index in [9.17, 15) is 4.79 Å². The molecule has 1 aliphatic rings. The predicted octanol–water partition coefficient (Wildman–Crippen LogP) is 1.09. The highest BCUT2D eigenvalue weighted by Crippen LogP contribution is 2.18. The third-order valence-electron chi connectivity index (χ3n) is 3.66. The number of amides is 1. The molecule has 2 heterocycles. The number of anilines is 1. The second-order valence-corrected chi connectivity index (χ2v) is 5.37. The molecule has 1 fully saturated rings. The van der Waals surface area contributed by atoms with Gasteiger partial charge in [0.25, 0.3) is 5.91 Å². The summed E-state index contributed by atoms with van der Waals surface area (Å²) in [6, 6.07) is 0.127. The number of nitrogens with one attached hydrogen (secondary N) is 1. The Morgan fingerprint density at radius 1 is 1.35 bits per heavy atom. The second kappa shape index (κ2) is 6.65. The van der Waals surface area contributed by atoms with Gasteiger partial charge in [0.2, 0.25) is 0 Å². The summed E-state index contributed by atoms with van der Waals surface area (Å²) >= 11 is 0. The van der Waals surface area contributed by atoms with E-state index in [0.717, 1.165) is 31.9 Å². The van der Waals surface area contributed by atoms with Crippen LogP contribution in [0, 0.1) is 5.92 Å². The van der Waals surface area contributed by atoms with Gasteiger partial charge >= 0.3 is 0 Å². The van der Waals surface area contributed by atoms with Crippen LogP contribution in [-0.2, 0) is 4.74 Å². The van der Waals surface area contributed by atoms with Gasteiger partial charge < -0.3 is 15.0 Å². The predicted molar refractivity (Wildman–Crippen MR) is 76.8 cm³/mol. The Hall–Kier alpha value is -1.69.